The van der Waals surface area contributed by atoms with Crippen molar-refractivity contribution in [3.8, 4) is 17.2 Å². The van der Waals surface area contributed by atoms with Gasteiger partial charge in [0.2, 0.25) is 17.5 Å². The zero-order valence-electron chi connectivity index (χ0n) is 66.0. The second-order valence-electron chi connectivity index (χ2n) is 31.3. The first-order chi connectivity index (χ1) is 55.9. The van der Waals surface area contributed by atoms with Crippen molar-refractivity contribution in [1.29, 1.82) is 0 Å². The number of amides is 1. The second-order valence-corrected chi connectivity index (χ2v) is 31.3. The molecule has 0 heterocycles. The van der Waals surface area contributed by atoms with Crippen molar-refractivity contribution in [1.82, 2.24) is 5.32 Å². The highest BCUT2D eigenvalue weighted by Crippen LogP contribution is 2.70. The Hall–Kier alpha value is -11.5. The molecule has 8 aliphatic carbocycles. The number of fused-ring (bicyclic) bond motifs is 10. The van der Waals surface area contributed by atoms with Crippen molar-refractivity contribution in [3.05, 3.63) is 142 Å². The summed E-state index contributed by atoms with van der Waals surface area (Å²) in [6.45, 7) is 5.96. The lowest BCUT2D eigenvalue weighted by Crippen LogP contribution is -2.63. The molecule has 0 bridgehead atoms. The van der Waals surface area contributed by atoms with Gasteiger partial charge >= 0.3 is 36.2 Å². The Balaban J connectivity index is 0.000000270. The van der Waals surface area contributed by atoms with Crippen LogP contribution in [0.4, 0.5) is 9.59 Å². The number of nitrogens with one attached hydrogen (secondary N) is 1. The molecule has 8 aliphatic rings. The molecule has 0 spiro atoms. The third kappa shape index (κ3) is 20.9. The molecule has 0 aromatic heterocycles. The number of Topliss-reactive ketones (excluding diaryl/α,β-unsaturated/α-hetero) is 2. The molecule has 3 N–H and O–H groups in total. The van der Waals surface area contributed by atoms with Crippen LogP contribution in [0.3, 0.4) is 0 Å². The predicted molar refractivity (Wildman–Crippen MR) is 398 cm³/mol. The summed E-state index contributed by atoms with van der Waals surface area (Å²) in [6, 6.07) is 8.60. The van der Waals surface area contributed by atoms with Crippen molar-refractivity contribution in [2.45, 2.75) is 186 Å². The maximum atomic E-state index is 14.4. The molecule has 0 saturated heterocycles. The summed E-state index contributed by atoms with van der Waals surface area (Å²) in [4.78, 5) is 202. The standard InChI is InChI=1S/C41H51N3O17.C38H46N2O17/c1-25(45)42-32(37(50)56-18-4-5-19-58-43(52)53)21-26-8-11-29(12-9-26)60-38(51)57-24-34(48)41(61-35(49)7-6-20-59-44(54)55)17-15-31-30-13-10-27-22-28(46)14-16-39(27,2)36(30)33(47)23-40(31,41)3;1-36-14-12-25(41)20-24(36)9-10-26-27-13-15-38(37(27,2)21-28(42)33(26)36,57-32(44)7-6-18-55-40(49)50)31(43)22-53-35(46)56-29-11-8-23(19-30(29)51-3)34(45)52-16-4-5-17-54-39(47)48/h8-9,11-12,14,16,22,30-33,36,47H,4-7,10,13,15,17-21,23-24H2,1-3H3,(H,42,45);8,11-12,14,19-20,26-28,33,42H,4-7,9-10,13,15-18,21-22H2,1-3H3/t30?,31?,32-,33-,36+,39-,40-,41-;26?,27?,28-,33+,36-,37-,38-/m00/s1. The first kappa shape index (κ1) is 90.4. The first-order valence-electron chi connectivity index (χ1n) is 38.8. The molecule has 2 aromatic carbocycles. The van der Waals surface area contributed by atoms with E-state index in [1.165, 1.54) is 68.7 Å². The van der Waals surface area contributed by atoms with Gasteiger partial charge in [0.1, 0.15) is 11.8 Å². The lowest BCUT2D eigenvalue weighted by Gasteiger charge is -2.59. The number of hydrogen-bond acceptors (Lipinski definition) is 34. The van der Waals surface area contributed by atoms with Gasteiger partial charge in [0.05, 0.1) is 64.5 Å². The van der Waals surface area contributed by atoms with E-state index in [0.29, 0.717) is 56.9 Å². The Kier molecular flexibility index (Phi) is 30.0. The molecule has 6 fully saturated rings. The highest BCUT2D eigenvalue weighted by atomic mass is 17.0. The van der Waals surface area contributed by atoms with E-state index in [2.05, 4.69) is 24.7 Å². The molecule has 0 radical (unpaired) electrons. The number of carbonyl (C=O) groups excluding carboxylic acids is 11. The lowest BCUT2D eigenvalue weighted by molar-refractivity contribution is -0.757. The van der Waals surface area contributed by atoms with Gasteiger partial charge in [-0.15, -0.1) is 40.5 Å². The van der Waals surface area contributed by atoms with Crippen LogP contribution in [-0.4, -0.2) is 185 Å². The van der Waals surface area contributed by atoms with E-state index in [4.69, 9.17) is 42.6 Å². The van der Waals surface area contributed by atoms with Gasteiger partial charge in [-0.25, -0.2) is 19.2 Å². The molecule has 2 aromatic rings. The number of allylic oxidation sites excluding steroid dienone is 8. The molecule has 39 nitrogen and oxygen atoms in total. The number of benzene rings is 2. The van der Waals surface area contributed by atoms with Crippen molar-refractivity contribution in [2.24, 2.45) is 57.2 Å². The fourth-order valence-electron chi connectivity index (χ4n) is 19.4. The van der Waals surface area contributed by atoms with Crippen molar-refractivity contribution >= 4 is 65.2 Å². The number of aliphatic hydroxyl groups excluding tert-OH is 2. The zero-order chi connectivity index (χ0) is 86.1. The molecule has 4 unspecified atom stereocenters. The topological polar surface area (TPSA) is 533 Å². The minimum atomic E-state index is -1.85. The quantitative estimate of drug-likeness (QED) is 0.0142. The number of hydrogen-bond donors (Lipinski definition) is 3. The summed E-state index contributed by atoms with van der Waals surface area (Å²) in [6.07, 6.45) is 9.52. The second kappa shape index (κ2) is 39.2. The molecule has 6 saturated carbocycles. The molecule has 39 heteroatoms. The maximum Gasteiger partial charge on any atom is 0.514 e. The molecule has 1 amide bonds. The van der Waals surface area contributed by atoms with E-state index in [0.717, 1.165) is 11.1 Å². The van der Waals surface area contributed by atoms with Gasteiger partial charge in [-0.05, 0) is 187 Å². The smallest absolute Gasteiger partial charge is 0.493 e. The van der Waals surface area contributed by atoms with Gasteiger partial charge in [-0.1, -0.05) is 63.1 Å². The van der Waals surface area contributed by atoms with Crippen LogP contribution in [0.25, 0.3) is 0 Å². The highest BCUT2D eigenvalue weighted by molar-refractivity contribution is 6.02. The SMILES string of the molecule is CC(=O)N[C@@H](Cc1ccc(OC(=O)OCC(=O)[C@@]2(OC(=O)CCCO[N+](=O)[O-])CCC3C4CCC5=CC(=O)C=C[C@]5(C)[C@H]4[C@@H](O)C[C@@]32C)cc1)C(=O)OCCCCO[N+](=O)[O-].COc1cc(C(=O)OCCCCO[N+](=O)[O-])ccc1OC(=O)OCC(=O)[C@@]1(OC(=O)CCCO[N+](=O)[O-])CCC2C3CCC4=CC(=O)C=C[C@]4(C)[C@H]3[C@@H](O)C[C@@]21C. The summed E-state index contributed by atoms with van der Waals surface area (Å²) in [5.74, 6) is -6.68. The van der Waals surface area contributed by atoms with Gasteiger partial charge in [-0.2, -0.15) is 0 Å². The predicted octanol–water partition coefficient (Wildman–Crippen LogP) is 8.37. The molecule has 642 valence electrons. The molecular weight excluding hydrogens is 1560 g/mol. The number of unbranched alkanes of at least 4 members (excludes halogenated alkanes) is 2. The van der Waals surface area contributed by atoms with E-state index < -0.39 is 138 Å². The van der Waals surface area contributed by atoms with E-state index in [-0.39, 0.29) is 180 Å². The number of nitrogens with zero attached hydrogens (tertiary/aromatic N) is 4. The first-order valence-corrected chi connectivity index (χ1v) is 38.8. The Morgan fingerprint density at radius 2 is 0.975 bits per heavy atom. The van der Waals surface area contributed by atoms with Crippen molar-refractivity contribution in [3.63, 3.8) is 0 Å². The van der Waals surface area contributed by atoms with Crippen LogP contribution in [0.1, 0.15) is 166 Å². The van der Waals surface area contributed by atoms with Crippen molar-refractivity contribution < 1.29 is 145 Å². The van der Waals surface area contributed by atoms with Crippen LogP contribution in [0, 0.1) is 97.6 Å². The number of aliphatic hydroxyl groups is 2. The number of methoxy groups -OCH3 is 1. The molecular formula is C79H97N5O34. The fraction of sp³-hybridized carbons (Fsp3) is 0.608. The monoisotopic (exact) mass is 1660 g/mol. The average molecular weight is 1660 g/mol. The van der Waals surface area contributed by atoms with Crippen LogP contribution in [0.2, 0.25) is 0 Å². The summed E-state index contributed by atoms with van der Waals surface area (Å²) in [7, 11) is 1.26. The van der Waals surface area contributed by atoms with Crippen LogP contribution in [-0.2, 0) is 92.5 Å². The minimum absolute atomic E-state index is 0.00910. The van der Waals surface area contributed by atoms with Gasteiger partial charge in [0, 0.05) is 59.7 Å². The number of carbonyl (C=O) groups is 11. The Bertz CT molecular complexity index is 4290. The zero-order valence-corrected chi connectivity index (χ0v) is 66.0. The summed E-state index contributed by atoms with van der Waals surface area (Å²) in [5, 5.41) is 64.2. The Morgan fingerprint density at radius 1 is 0.542 bits per heavy atom. The van der Waals surface area contributed by atoms with Crippen LogP contribution in [0.5, 0.6) is 17.2 Å². The maximum absolute atomic E-state index is 14.4. The van der Waals surface area contributed by atoms with Crippen LogP contribution in [0.15, 0.2) is 90.1 Å². The van der Waals surface area contributed by atoms with E-state index in [1.807, 2.05) is 26.0 Å². The van der Waals surface area contributed by atoms with Gasteiger partial charge in [0.25, 0.3) is 20.3 Å². The molecule has 15 atom stereocenters. The number of esters is 4. The molecule has 0 aliphatic heterocycles. The van der Waals surface area contributed by atoms with Crippen molar-refractivity contribution in [2.75, 3.05) is 60.0 Å². The third-order valence-corrected chi connectivity index (χ3v) is 24.6. The number of ketones is 4. The van der Waals surface area contributed by atoms with E-state index in [9.17, 15) is 103 Å². The largest absolute Gasteiger partial charge is 0.514 e. The Morgan fingerprint density at radius 3 is 1.42 bits per heavy atom. The molecule has 10 rings (SSSR count). The third-order valence-electron chi connectivity index (χ3n) is 24.6. The Labute approximate surface area is 675 Å². The summed E-state index contributed by atoms with van der Waals surface area (Å²) >= 11 is 0. The van der Waals surface area contributed by atoms with E-state index >= 15 is 0 Å². The molecule has 118 heavy (non-hydrogen) atoms. The van der Waals surface area contributed by atoms with Gasteiger partial charge < -0.3 is 77.5 Å². The highest BCUT2D eigenvalue weighted by Gasteiger charge is 2.72. The minimum Gasteiger partial charge on any atom is -0.493 e. The van der Waals surface area contributed by atoms with Crippen LogP contribution < -0.4 is 19.5 Å². The summed E-state index contributed by atoms with van der Waals surface area (Å²) < 4.78 is 49.0. The average Bonchev–Trinajstić information content (AvgIpc) is 1.48. The number of rotatable bonds is 38. The van der Waals surface area contributed by atoms with E-state index in [1.54, 1.807) is 26.0 Å². The van der Waals surface area contributed by atoms with Crippen LogP contribution >= 0.6 is 0 Å². The lowest BCUT2D eigenvalue weighted by atomic mass is 9.46. The van der Waals surface area contributed by atoms with Gasteiger partial charge in [-0.3, -0.25) is 33.6 Å². The van der Waals surface area contributed by atoms with Gasteiger partial charge in [0.15, 0.2) is 47.5 Å². The fourth-order valence-corrected chi connectivity index (χ4v) is 19.4. The normalized spacial score (nSPS) is 28.0. The number of ether oxygens (including phenoxy) is 9. The summed E-state index contributed by atoms with van der Waals surface area (Å²) in [5.41, 5.74) is -4.61.